The topological polar surface area (TPSA) is 35.5 Å². The van der Waals surface area contributed by atoms with Gasteiger partial charge in [-0.3, -0.25) is 0 Å². The summed E-state index contributed by atoms with van der Waals surface area (Å²) in [6, 6.07) is 0. The van der Waals surface area contributed by atoms with Gasteiger partial charge in [-0.25, -0.2) is 4.79 Å². The number of carbonyl (C=O) groups is 1. The van der Waals surface area contributed by atoms with Gasteiger partial charge in [-0.1, -0.05) is 84.8 Å². The van der Waals surface area contributed by atoms with E-state index in [0.717, 1.165) is 49.4 Å². The first-order valence-corrected chi connectivity index (χ1v) is 15.8. The van der Waals surface area contributed by atoms with Crippen molar-refractivity contribution in [1.82, 2.24) is 0 Å². The molecule has 4 aliphatic carbocycles. The molecule has 0 aromatic rings. The van der Waals surface area contributed by atoms with Crippen LogP contribution in [0, 0.1) is 40.4 Å². The van der Waals surface area contributed by atoms with Crippen LogP contribution in [-0.2, 0) is 9.47 Å². The Bertz CT molecular complexity index is 756. The number of rotatable bonds is 11. The van der Waals surface area contributed by atoms with Crippen molar-refractivity contribution >= 4 is 6.16 Å². The molecule has 3 fully saturated rings. The summed E-state index contributed by atoms with van der Waals surface area (Å²) in [4.78, 5) is 12.2. The van der Waals surface area contributed by atoms with Gasteiger partial charge in [-0.05, 0) is 98.2 Å². The third-order valence-corrected chi connectivity index (χ3v) is 11.3. The molecular weight excluding hydrogens is 444 g/mol. The molecule has 3 saturated carbocycles. The van der Waals surface area contributed by atoms with Crippen molar-refractivity contribution in [3.05, 3.63) is 11.6 Å². The molecule has 0 heterocycles. The minimum atomic E-state index is -0.464. The molecule has 36 heavy (non-hydrogen) atoms. The molecule has 206 valence electrons. The lowest BCUT2D eigenvalue weighted by molar-refractivity contribution is -0.0564. The number of hydrogen-bond donors (Lipinski definition) is 0. The molecule has 0 radical (unpaired) electrons. The molecule has 4 rings (SSSR count). The minimum absolute atomic E-state index is 0.00512. The molecule has 0 spiro atoms. The number of fused-ring (bicyclic) bond motifs is 5. The molecule has 0 bridgehead atoms. The van der Waals surface area contributed by atoms with Gasteiger partial charge in [-0.15, -0.1) is 0 Å². The standard InChI is InChI=1S/C33H56O3/c1-6-7-8-9-10-11-12-25-14-16-29-28-15-13-26-23-27(36-31(34)35-22-19-24(2)3)17-20-33(26,5)30(28)18-21-32(25,29)4/h13,24-25,27-30H,6-12,14-23H2,1-5H3/t25-,27-,28+,29-,30+,32+,33-/m0/s1. The maximum Gasteiger partial charge on any atom is 0.508 e. The first-order chi connectivity index (χ1) is 17.3. The SMILES string of the molecule is CCCCCCCC[C@H]1CC[C@H]2[C@H]3CC=C4C[C@@H](OC(=O)OCCC(C)C)CC[C@]4(C)[C@@H]3CC[C@]12C. The van der Waals surface area contributed by atoms with E-state index in [1.54, 1.807) is 5.57 Å². The smallest absolute Gasteiger partial charge is 0.434 e. The fraction of sp³-hybridized carbons (Fsp3) is 0.909. The van der Waals surface area contributed by atoms with Gasteiger partial charge in [0.05, 0.1) is 6.61 Å². The Kier molecular flexibility index (Phi) is 9.54. The van der Waals surface area contributed by atoms with Crippen LogP contribution < -0.4 is 0 Å². The highest BCUT2D eigenvalue weighted by Crippen LogP contribution is 2.66. The second kappa shape index (κ2) is 12.2. The first kappa shape index (κ1) is 28.0. The predicted molar refractivity (Wildman–Crippen MR) is 149 cm³/mol. The third kappa shape index (κ3) is 6.01. The number of allylic oxidation sites excluding steroid dienone is 1. The summed E-state index contributed by atoms with van der Waals surface area (Å²) in [6.45, 7) is 12.3. The van der Waals surface area contributed by atoms with Crippen molar-refractivity contribution in [2.24, 2.45) is 40.4 Å². The monoisotopic (exact) mass is 500 g/mol. The van der Waals surface area contributed by atoms with Gasteiger partial charge in [0, 0.05) is 6.42 Å². The van der Waals surface area contributed by atoms with Crippen LogP contribution in [0.15, 0.2) is 11.6 Å². The van der Waals surface area contributed by atoms with E-state index in [9.17, 15) is 4.79 Å². The average molecular weight is 501 g/mol. The van der Waals surface area contributed by atoms with Crippen LogP contribution in [0.5, 0.6) is 0 Å². The zero-order valence-corrected chi connectivity index (χ0v) is 24.3. The van der Waals surface area contributed by atoms with Crippen LogP contribution in [0.1, 0.15) is 137 Å². The minimum Gasteiger partial charge on any atom is -0.434 e. The van der Waals surface area contributed by atoms with Gasteiger partial charge in [0.1, 0.15) is 6.10 Å². The van der Waals surface area contributed by atoms with Crippen molar-refractivity contribution < 1.29 is 14.3 Å². The predicted octanol–water partition coefficient (Wildman–Crippen LogP) is 9.88. The van der Waals surface area contributed by atoms with Crippen molar-refractivity contribution in [3.8, 4) is 0 Å². The van der Waals surface area contributed by atoms with E-state index in [-0.39, 0.29) is 6.10 Å². The van der Waals surface area contributed by atoms with Gasteiger partial charge in [0.2, 0.25) is 0 Å². The fourth-order valence-electron chi connectivity index (χ4n) is 9.03. The molecule has 4 aliphatic rings. The number of hydrogen-bond acceptors (Lipinski definition) is 3. The molecule has 0 aliphatic heterocycles. The summed E-state index contributed by atoms with van der Waals surface area (Å²) < 4.78 is 11.1. The summed E-state index contributed by atoms with van der Waals surface area (Å²) in [5, 5.41) is 0. The van der Waals surface area contributed by atoms with Gasteiger partial charge in [-0.2, -0.15) is 0 Å². The zero-order valence-electron chi connectivity index (χ0n) is 24.3. The summed E-state index contributed by atoms with van der Waals surface area (Å²) in [7, 11) is 0. The second-order valence-electron chi connectivity index (χ2n) is 13.9. The van der Waals surface area contributed by atoms with Crippen molar-refractivity contribution in [2.45, 2.75) is 143 Å². The first-order valence-electron chi connectivity index (χ1n) is 15.8. The van der Waals surface area contributed by atoms with Crippen LogP contribution >= 0.6 is 0 Å². The van der Waals surface area contributed by atoms with Crippen LogP contribution in [0.2, 0.25) is 0 Å². The molecule has 7 atom stereocenters. The van der Waals surface area contributed by atoms with E-state index in [0.29, 0.717) is 23.4 Å². The summed E-state index contributed by atoms with van der Waals surface area (Å²) in [5.74, 6) is 4.10. The highest BCUT2D eigenvalue weighted by atomic mass is 16.7. The Hall–Kier alpha value is -0.990. The van der Waals surface area contributed by atoms with Crippen LogP contribution in [0.25, 0.3) is 0 Å². The Morgan fingerprint density at radius 1 is 1.00 bits per heavy atom. The number of ether oxygens (including phenoxy) is 2. The molecule has 3 nitrogen and oxygen atoms in total. The van der Waals surface area contributed by atoms with E-state index >= 15 is 0 Å². The molecule has 0 amide bonds. The zero-order chi connectivity index (χ0) is 25.8. The largest absolute Gasteiger partial charge is 0.508 e. The van der Waals surface area contributed by atoms with Crippen LogP contribution in [0.4, 0.5) is 4.79 Å². The normalized spacial score (nSPS) is 37.6. The Morgan fingerprint density at radius 3 is 2.56 bits per heavy atom. The summed E-state index contributed by atoms with van der Waals surface area (Å²) in [5.41, 5.74) is 2.47. The van der Waals surface area contributed by atoms with E-state index in [1.807, 2.05) is 0 Å². The highest BCUT2D eigenvalue weighted by molar-refractivity contribution is 5.60. The molecule has 3 heteroatoms. The maximum absolute atomic E-state index is 12.2. The van der Waals surface area contributed by atoms with Crippen LogP contribution in [-0.4, -0.2) is 18.9 Å². The molecular formula is C33H56O3. The summed E-state index contributed by atoms with van der Waals surface area (Å²) >= 11 is 0. The van der Waals surface area contributed by atoms with Gasteiger partial charge >= 0.3 is 6.16 Å². The second-order valence-corrected chi connectivity index (χ2v) is 13.9. The molecule has 0 unspecified atom stereocenters. The molecule has 0 N–H and O–H groups in total. The Balaban J connectivity index is 1.32. The van der Waals surface area contributed by atoms with Crippen molar-refractivity contribution in [3.63, 3.8) is 0 Å². The van der Waals surface area contributed by atoms with E-state index in [4.69, 9.17) is 9.47 Å². The highest BCUT2D eigenvalue weighted by Gasteiger charge is 2.58. The van der Waals surface area contributed by atoms with E-state index in [1.165, 1.54) is 77.0 Å². The van der Waals surface area contributed by atoms with E-state index < -0.39 is 6.16 Å². The number of carbonyl (C=O) groups excluding carboxylic acids is 1. The van der Waals surface area contributed by atoms with Crippen molar-refractivity contribution in [2.75, 3.05) is 6.61 Å². The van der Waals surface area contributed by atoms with E-state index in [2.05, 4.69) is 40.7 Å². The average Bonchev–Trinajstić information content (AvgIpc) is 3.17. The quantitative estimate of drug-likeness (QED) is 0.161. The lowest BCUT2D eigenvalue weighted by Crippen LogP contribution is -2.50. The molecule has 0 aromatic carbocycles. The van der Waals surface area contributed by atoms with Gasteiger partial charge in [0.25, 0.3) is 0 Å². The van der Waals surface area contributed by atoms with Crippen LogP contribution in [0.3, 0.4) is 0 Å². The lowest BCUT2D eigenvalue weighted by Gasteiger charge is -2.58. The molecule has 0 aromatic heterocycles. The molecule has 0 saturated heterocycles. The van der Waals surface area contributed by atoms with Crippen molar-refractivity contribution in [1.29, 1.82) is 0 Å². The Morgan fingerprint density at radius 2 is 1.78 bits per heavy atom. The summed E-state index contributed by atoms with van der Waals surface area (Å²) in [6.07, 6.45) is 23.1. The number of unbranched alkanes of at least 4 members (excludes halogenated alkanes) is 5. The Labute approximate surface area is 222 Å². The maximum atomic E-state index is 12.2. The fourth-order valence-corrected chi connectivity index (χ4v) is 9.03. The lowest BCUT2D eigenvalue weighted by atomic mass is 9.47. The van der Waals surface area contributed by atoms with Gasteiger partial charge < -0.3 is 9.47 Å². The third-order valence-electron chi connectivity index (χ3n) is 11.3. The van der Waals surface area contributed by atoms with Gasteiger partial charge in [0.15, 0.2) is 0 Å².